The summed E-state index contributed by atoms with van der Waals surface area (Å²) >= 11 is 0. The number of nitriles is 1. The normalized spacial score (nSPS) is 12.0. The molecule has 3 aromatic rings. The van der Waals surface area contributed by atoms with E-state index in [4.69, 9.17) is 10.4 Å². The van der Waals surface area contributed by atoms with Crippen molar-refractivity contribution in [2.24, 2.45) is 5.14 Å². The van der Waals surface area contributed by atoms with E-state index in [0.29, 0.717) is 17.5 Å². The number of sulfonamides is 1. The molecule has 0 aliphatic heterocycles. The molecule has 150 valence electrons. The van der Waals surface area contributed by atoms with E-state index in [1.54, 1.807) is 24.3 Å². The molecule has 0 amide bonds. The number of rotatable bonds is 5. The largest absolute Gasteiger partial charge is 0.433 e. The Kier molecular flexibility index (Phi) is 5.46. The lowest BCUT2D eigenvalue weighted by Crippen LogP contribution is -2.11. The fraction of sp³-hybridized carbons (Fsp3) is 0.158. The van der Waals surface area contributed by atoms with Gasteiger partial charge in [0.15, 0.2) is 0 Å². The van der Waals surface area contributed by atoms with Gasteiger partial charge in [-0.15, -0.1) is 0 Å². The monoisotopic (exact) mass is 420 g/mol. The molecule has 0 aliphatic rings. The van der Waals surface area contributed by atoms with Gasteiger partial charge in [0.25, 0.3) is 0 Å². The molecule has 1 heterocycles. The molecule has 0 atom stereocenters. The van der Waals surface area contributed by atoms with Gasteiger partial charge >= 0.3 is 6.18 Å². The van der Waals surface area contributed by atoms with Crippen molar-refractivity contribution < 1.29 is 21.6 Å². The Balaban J connectivity index is 1.96. The highest BCUT2D eigenvalue weighted by Gasteiger charge is 2.37. The minimum absolute atomic E-state index is 0.0229. The Labute approximate surface area is 164 Å². The average molecular weight is 420 g/mol. The second kappa shape index (κ2) is 7.69. The molecule has 3 rings (SSSR count). The first-order chi connectivity index (χ1) is 13.6. The van der Waals surface area contributed by atoms with Gasteiger partial charge < -0.3 is 0 Å². The molecule has 1 aromatic heterocycles. The summed E-state index contributed by atoms with van der Waals surface area (Å²) in [6.45, 7) is 0. The fourth-order valence-electron chi connectivity index (χ4n) is 2.90. The first-order valence-electron chi connectivity index (χ1n) is 8.36. The average Bonchev–Trinajstić information content (AvgIpc) is 3.10. The first kappa shape index (κ1) is 20.6. The van der Waals surface area contributed by atoms with Gasteiger partial charge in [-0.25, -0.2) is 13.6 Å². The van der Waals surface area contributed by atoms with Crippen LogP contribution in [0.25, 0.3) is 11.3 Å². The predicted molar refractivity (Wildman–Crippen MR) is 99.0 cm³/mol. The summed E-state index contributed by atoms with van der Waals surface area (Å²) in [6.07, 6.45) is -4.27. The summed E-state index contributed by atoms with van der Waals surface area (Å²) in [7, 11) is -3.91. The number of nitrogens with zero attached hydrogens (tertiary/aromatic N) is 2. The van der Waals surface area contributed by atoms with Crippen molar-refractivity contribution in [3.8, 4) is 17.3 Å². The van der Waals surface area contributed by atoms with Gasteiger partial charge in [-0.2, -0.15) is 23.5 Å². The Bertz CT molecular complexity index is 1160. The molecule has 0 spiro atoms. The highest BCUT2D eigenvalue weighted by molar-refractivity contribution is 7.89. The number of hydrogen-bond donors (Lipinski definition) is 2. The van der Waals surface area contributed by atoms with Crippen LogP contribution in [0, 0.1) is 11.3 Å². The van der Waals surface area contributed by atoms with Crippen LogP contribution in [-0.4, -0.2) is 18.6 Å². The van der Waals surface area contributed by atoms with Crippen molar-refractivity contribution in [2.45, 2.75) is 23.9 Å². The summed E-state index contributed by atoms with van der Waals surface area (Å²) in [6, 6.07) is 13.7. The number of aromatic amines is 1. The van der Waals surface area contributed by atoms with Crippen LogP contribution in [0.15, 0.2) is 53.4 Å². The molecule has 10 heteroatoms. The molecule has 0 bridgehead atoms. The number of halogens is 3. The highest BCUT2D eigenvalue weighted by atomic mass is 32.2. The summed E-state index contributed by atoms with van der Waals surface area (Å²) in [5, 5.41) is 19.8. The Morgan fingerprint density at radius 2 is 1.66 bits per heavy atom. The van der Waals surface area contributed by atoms with Gasteiger partial charge in [0.2, 0.25) is 10.0 Å². The Morgan fingerprint density at radius 3 is 2.17 bits per heavy atom. The minimum atomic E-state index is -4.62. The highest BCUT2D eigenvalue weighted by Crippen LogP contribution is 2.36. The van der Waals surface area contributed by atoms with Crippen molar-refractivity contribution >= 4 is 10.0 Å². The molecule has 0 saturated carbocycles. The quantitative estimate of drug-likeness (QED) is 0.659. The summed E-state index contributed by atoms with van der Waals surface area (Å²) in [4.78, 5) is -0.146. The number of primary sulfonamides is 1. The molecular weight excluding hydrogens is 405 g/mol. The zero-order chi connectivity index (χ0) is 21.2. The number of nitrogens with two attached hydrogens (primary N) is 1. The molecule has 3 N–H and O–H groups in total. The standard InChI is InChI=1S/C19H15F3N4O2S/c20-19(21,22)18-16(10-5-12-1-3-13(11-23)4-2-12)17(25-26-18)14-6-8-15(9-7-14)29(24,27)28/h1-4,6-9H,5,10H2,(H,25,26)(H2,24,27,28). The lowest BCUT2D eigenvalue weighted by atomic mass is 9.98. The lowest BCUT2D eigenvalue weighted by molar-refractivity contribution is -0.141. The van der Waals surface area contributed by atoms with Crippen molar-refractivity contribution in [1.29, 1.82) is 5.26 Å². The SMILES string of the molecule is N#Cc1ccc(CCc2c(-c3ccc(S(N)(=O)=O)cc3)n[nH]c2C(F)(F)F)cc1. The van der Waals surface area contributed by atoms with Crippen LogP contribution >= 0.6 is 0 Å². The third-order valence-electron chi connectivity index (χ3n) is 4.35. The van der Waals surface area contributed by atoms with Gasteiger partial charge in [0.05, 0.1) is 22.2 Å². The topological polar surface area (TPSA) is 113 Å². The number of benzene rings is 2. The predicted octanol–water partition coefficient (Wildman–Crippen LogP) is 3.40. The maximum Gasteiger partial charge on any atom is 0.433 e. The van der Waals surface area contributed by atoms with Crippen LogP contribution in [0.3, 0.4) is 0 Å². The molecule has 0 fully saturated rings. The second-order valence-corrected chi connectivity index (χ2v) is 7.86. The maximum absolute atomic E-state index is 13.4. The van der Waals surface area contributed by atoms with Gasteiger partial charge in [-0.1, -0.05) is 24.3 Å². The summed E-state index contributed by atoms with van der Waals surface area (Å²) in [5.74, 6) is 0. The number of H-pyrrole nitrogens is 1. The summed E-state index contributed by atoms with van der Waals surface area (Å²) < 4.78 is 63.0. The second-order valence-electron chi connectivity index (χ2n) is 6.30. The van der Waals surface area contributed by atoms with Crippen LogP contribution in [0.4, 0.5) is 13.2 Å². The van der Waals surface area contributed by atoms with Crippen molar-refractivity contribution in [3.63, 3.8) is 0 Å². The Morgan fingerprint density at radius 1 is 1.03 bits per heavy atom. The minimum Gasteiger partial charge on any atom is -0.273 e. The van der Waals surface area contributed by atoms with Crippen LogP contribution in [0.1, 0.15) is 22.4 Å². The van der Waals surface area contributed by atoms with E-state index < -0.39 is 21.9 Å². The van der Waals surface area contributed by atoms with Crippen LogP contribution in [-0.2, 0) is 29.0 Å². The van der Waals surface area contributed by atoms with E-state index in [-0.39, 0.29) is 22.6 Å². The van der Waals surface area contributed by atoms with Gasteiger partial charge in [0, 0.05) is 11.1 Å². The molecule has 29 heavy (non-hydrogen) atoms. The number of alkyl halides is 3. The zero-order valence-electron chi connectivity index (χ0n) is 14.9. The molecule has 0 radical (unpaired) electrons. The van der Waals surface area contributed by atoms with Gasteiger partial charge in [0.1, 0.15) is 5.69 Å². The van der Waals surface area contributed by atoms with E-state index in [2.05, 4.69) is 10.2 Å². The summed E-state index contributed by atoms with van der Waals surface area (Å²) in [5.41, 5.74) is 0.685. The zero-order valence-corrected chi connectivity index (χ0v) is 15.7. The van der Waals surface area contributed by atoms with Crippen molar-refractivity contribution in [3.05, 3.63) is 70.9 Å². The van der Waals surface area contributed by atoms with E-state index in [1.165, 1.54) is 24.3 Å². The Hall–Kier alpha value is -3.16. The van der Waals surface area contributed by atoms with E-state index in [1.807, 2.05) is 6.07 Å². The van der Waals surface area contributed by atoms with Crippen LogP contribution < -0.4 is 5.14 Å². The number of hydrogen-bond acceptors (Lipinski definition) is 4. The van der Waals surface area contributed by atoms with E-state index in [9.17, 15) is 21.6 Å². The van der Waals surface area contributed by atoms with Crippen molar-refractivity contribution in [2.75, 3.05) is 0 Å². The van der Waals surface area contributed by atoms with Crippen LogP contribution in [0.5, 0.6) is 0 Å². The molecule has 6 nitrogen and oxygen atoms in total. The third kappa shape index (κ3) is 4.64. The van der Waals surface area contributed by atoms with E-state index in [0.717, 1.165) is 5.56 Å². The van der Waals surface area contributed by atoms with Gasteiger partial charge in [-0.3, -0.25) is 5.10 Å². The lowest BCUT2D eigenvalue weighted by Gasteiger charge is -2.09. The molecule has 0 saturated heterocycles. The number of aryl methyl sites for hydroxylation is 1. The molecule has 0 unspecified atom stereocenters. The maximum atomic E-state index is 13.4. The van der Waals surface area contributed by atoms with Crippen molar-refractivity contribution in [1.82, 2.24) is 10.2 Å². The fourth-order valence-corrected chi connectivity index (χ4v) is 3.42. The molecule has 0 aliphatic carbocycles. The first-order valence-corrected chi connectivity index (χ1v) is 9.91. The van der Waals surface area contributed by atoms with E-state index >= 15 is 0 Å². The van der Waals surface area contributed by atoms with Gasteiger partial charge in [-0.05, 0) is 42.7 Å². The molecule has 2 aromatic carbocycles. The molecular formula is C19H15F3N4O2S. The van der Waals surface area contributed by atoms with Crippen LogP contribution in [0.2, 0.25) is 0 Å². The third-order valence-corrected chi connectivity index (χ3v) is 5.28. The number of nitrogens with one attached hydrogen (secondary N) is 1. The smallest absolute Gasteiger partial charge is 0.273 e. The number of aromatic nitrogens is 2.